The minimum Gasteiger partial charge on any atom is -0.330 e. The van der Waals surface area contributed by atoms with Crippen LogP contribution in [0.1, 0.15) is 17.4 Å². The van der Waals surface area contributed by atoms with Crippen LogP contribution in [0.5, 0.6) is 0 Å². The number of carbonyl (C=O) groups excluding carboxylic acids is 1. The number of halogens is 3. The number of nitrogens with one attached hydrogen (secondary N) is 1. The molecule has 8 heteroatoms. The Balaban J connectivity index is 0.00000242. The molecule has 3 N–H and O–H groups in total. The van der Waals surface area contributed by atoms with E-state index in [0.29, 0.717) is 28.1 Å². The van der Waals surface area contributed by atoms with Crippen molar-refractivity contribution in [3.63, 3.8) is 0 Å². The summed E-state index contributed by atoms with van der Waals surface area (Å²) in [6.45, 7) is 2.08. The van der Waals surface area contributed by atoms with Gasteiger partial charge in [0.1, 0.15) is 0 Å². The maximum Gasteiger partial charge on any atom is 0.230 e. The predicted molar refractivity (Wildman–Crippen MR) is 95.5 cm³/mol. The van der Waals surface area contributed by atoms with Crippen LogP contribution in [0.25, 0.3) is 0 Å². The fourth-order valence-electron chi connectivity index (χ4n) is 1.65. The second kappa shape index (κ2) is 8.70. The molecule has 2 aromatic rings. The van der Waals surface area contributed by atoms with Crippen LogP contribution < -0.4 is 11.1 Å². The standard InChI is InChI=1S/C14H15Cl2N3OS.ClH/c1-8(6-17)13(20)19-14-18-7-11(21-14)5-9-4-10(15)2-3-12(9)16;/h2-4,7-8H,5-6,17H2,1H3,(H,18,19,20);1H. The van der Waals surface area contributed by atoms with Crippen LogP contribution in [-0.2, 0) is 11.2 Å². The Morgan fingerprint density at radius 1 is 1.45 bits per heavy atom. The van der Waals surface area contributed by atoms with Gasteiger partial charge in [-0.05, 0) is 23.8 Å². The van der Waals surface area contributed by atoms with Crippen LogP contribution in [0.2, 0.25) is 10.0 Å². The molecule has 0 spiro atoms. The van der Waals surface area contributed by atoms with Gasteiger partial charge in [0.05, 0.1) is 0 Å². The summed E-state index contributed by atoms with van der Waals surface area (Å²) in [5, 5.41) is 4.62. The van der Waals surface area contributed by atoms with E-state index in [0.717, 1.165) is 10.4 Å². The number of hydrogen-bond acceptors (Lipinski definition) is 4. The van der Waals surface area contributed by atoms with E-state index in [-0.39, 0.29) is 24.2 Å². The molecule has 0 radical (unpaired) electrons. The number of nitrogens with zero attached hydrogens (tertiary/aromatic N) is 1. The molecule has 1 aromatic heterocycles. The van der Waals surface area contributed by atoms with Crippen molar-refractivity contribution < 1.29 is 4.79 Å². The highest BCUT2D eigenvalue weighted by Gasteiger charge is 2.13. The predicted octanol–water partition coefficient (Wildman–Crippen LogP) is 4.00. The van der Waals surface area contributed by atoms with Crippen LogP contribution in [0.15, 0.2) is 24.4 Å². The first-order valence-electron chi connectivity index (χ1n) is 6.39. The van der Waals surface area contributed by atoms with Crippen molar-refractivity contribution >= 4 is 58.0 Å². The Bertz CT molecular complexity index is 648. The van der Waals surface area contributed by atoms with E-state index < -0.39 is 0 Å². The van der Waals surface area contributed by atoms with Crippen molar-refractivity contribution in [1.29, 1.82) is 0 Å². The second-order valence-corrected chi connectivity index (χ2v) is 6.63. The molecule has 0 saturated carbocycles. The Morgan fingerprint density at radius 3 is 2.86 bits per heavy atom. The molecule has 0 fully saturated rings. The van der Waals surface area contributed by atoms with Gasteiger partial charge >= 0.3 is 0 Å². The molecular weight excluding hydrogens is 365 g/mol. The normalized spacial score (nSPS) is 11.6. The lowest BCUT2D eigenvalue weighted by molar-refractivity contribution is -0.119. The molecule has 0 aliphatic heterocycles. The molecule has 22 heavy (non-hydrogen) atoms. The molecule has 1 amide bonds. The van der Waals surface area contributed by atoms with Gasteiger partial charge in [0.2, 0.25) is 5.91 Å². The molecule has 1 unspecified atom stereocenters. The number of aromatic nitrogens is 1. The lowest BCUT2D eigenvalue weighted by atomic mass is 10.1. The molecule has 1 atom stereocenters. The second-order valence-electron chi connectivity index (χ2n) is 4.67. The first-order chi connectivity index (χ1) is 9.99. The van der Waals surface area contributed by atoms with E-state index in [1.54, 1.807) is 25.3 Å². The zero-order valence-corrected chi connectivity index (χ0v) is 15.0. The van der Waals surface area contributed by atoms with Crippen LogP contribution in [0, 0.1) is 5.92 Å². The Kier molecular flexibility index (Phi) is 7.59. The number of benzene rings is 1. The minimum atomic E-state index is -0.236. The van der Waals surface area contributed by atoms with Gasteiger partial charge in [-0.1, -0.05) is 30.1 Å². The third-order valence-electron chi connectivity index (χ3n) is 2.96. The van der Waals surface area contributed by atoms with Crippen molar-refractivity contribution in [3.05, 3.63) is 44.9 Å². The fraction of sp³-hybridized carbons (Fsp3) is 0.286. The summed E-state index contributed by atoms with van der Waals surface area (Å²) in [6, 6.07) is 5.35. The van der Waals surface area contributed by atoms with Crippen molar-refractivity contribution in [2.24, 2.45) is 11.7 Å². The average molecular weight is 381 g/mol. The van der Waals surface area contributed by atoms with Gasteiger partial charge < -0.3 is 11.1 Å². The zero-order chi connectivity index (χ0) is 15.4. The maximum absolute atomic E-state index is 11.7. The average Bonchev–Trinajstić information content (AvgIpc) is 2.89. The Hall–Kier alpha value is -0.850. The van der Waals surface area contributed by atoms with E-state index in [1.807, 2.05) is 6.07 Å². The Labute approximate surface area is 149 Å². The van der Waals surface area contributed by atoms with Gasteiger partial charge in [-0.25, -0.2) is 4.98 Å². The third-order valence-corrected chi connectivity index (χ3v) is 4.47. The summed E-state index contributed by atoms with van der Waals surface area (Å²) in [5.74, 6) is -0.362. The molecule has 0 aliphatic rings. The van der Waals surface area contributed by atoms with E-state index >= 15 is 0 Å². The van der Waals surface area contributed by atoms with E-state index in [2.05, 4.69) is 10.3 Å². The molecule has 2 rings (SSSR count). The number of thiazole rings is 1. The molecule has 1 heterocycles. The summed E-state index contributed by atoms with van der Waals surface area (Å²) < 4.78 is 0. The maximum atomic E-state index is 11.7. The summed E-state index contributed by atoms with van der Waals surface area (Å²) in [5.41, 5.74) is 6.39. The van der Waals surface area contributed by atoms with Crippen LogP contribution in [0.4, 0.5) is 5.13 Å². The molecule has 0 bridgehead atoms. The minimum absolute atomic E-state index is 0. The number of amides is 1. The molecule has 0 saturated heterocycles. The van der Waals surface area contributed by atoms with Crippen molar-refractivity contribution in [2.75, 3.05) is 11.9 Å². The van der Waals surface area contributed by atoms with Gasteiger partial charge in [-0.2, -0.15) is 0 Å². The lowest BCUT2D eigenvalue weighted by Gasteiger charge is -2.06. The summed E-state index contributed by atoms with van der Waals surface area (Å²) in [6.07, 6.45) is 2.35. The van der Waals surface area contributed by atoms with Gasteiger partial charge in [-0.3, -0.25) is 4.79 Å². The van der Waals surface area contributed by atoms with Crippen LogP contribution >= 0.6 is 46.9 Å². The number of carbonyl (C=O) groups is 1. The molecule has 0 aliphatic carbocycles. The SMILES string of the molecule is CC(CN)C(=O)Nc1ncc(Cc2cc(Cl)ccc2Cl)s1.Cl. The summed E-state index contributed by atoms with van der Waals surface area (Å²) >= 11 is 13.5. The fourth-order valence-corrected chi connectivity index (χ4v) is 2.87. The van der Waals surface area contributed by atoms with Gasteiger partial charge in [0.15, 0.2) is 5.13 Å². The van der Waals surface area contributed by atoms with Crippen LogP contribution in [0.3, 0.4) is 0 Å². The van der Waals surface area contributed by atoms with Crippen molar-refractivity contribution in [1.82, 2.24) is 4.98 Å². The first kappa shape index (κ1) is 19.2. The lowest BCUT2D eigenvalue weighted by Crippen LogP contribution is -2.26. The van der Waals surface area contributed by atoms with Crippen LogP contribution in [-0.4, -0.2) is 17.4 Å². The van der Waals surface area contributed by atoms with E-state index in [1.165, 1.54) is 11.3 Å². The number of rotatable bonds is 5. The van der Waals surface area contributed by atoms with Gasteiger partial charge in [0.25, 0.3) is 0 Å². The Morgan fingerprint density at radius 2 is 2.18 bits per heavy atom. The molecular formula is C14H16Cl3N3OS. The van der Waals surface area contributed by atoms with Gasteiger partial charge in [0, 0.05) is 40.0 Å². The smallest absolute Gasteiger partial charge is 0.230 e. The number of nitrogens with two attached hydrogens (primary N) is 1. The number of hydrogen-bond donors (Lipinski definition) is 2. The topological polar surface area (TPSA) is 68.0 Å². The zero-order valence-electron chi connectivity index (χ0n) is 11.8. The van der Waals surface area contributed by atoms with Crippen molar-refractivity contribution in [3.8, 4) is 0 Å². The molecule has 4 nitrogen and oxygen atoms in total. The van der Waals surface area contributed by atoms with Crippen molar-refractivity contribution in [2.45, 2.75) is 13.3 Å². The summed E-state index contributed by atoms with van der Waals surface area (Å²) in [7, 11) is 0. The number of anilines is 1. The van der Waals surface area contributed by atoms with E-state index in [4.69, 9.17) is 28.9 Å². The highest BCUT2D eigenvalue weighted by molar-refractivity contribution is 7.15. The third kappa shape index (κ3) is 5.11. The monoisotopic (exact) mass is 379 g/mol. The molecule has 120 valence electrons. The highest BCUT2D eigenvalue weighted by Crippen LogP contribution is 2.27. The van der Waals surface area contributed by atoms with Gasteiger partial charge in [-0.15, -0.1) is 23.7 Å². The van der Waals surface area contributed by atoms with E-state index in [9.17, 15) is 4.79 Å². The largest absolute Gasteiger partial charge is 0.330 e. The first-order valence-corrected chi connectivity index (χ1v) is 7.96. The molecule has 1 aromatic carbocycles. The summed E-state index contributed by atoms with van der Waals surface area (Å²) in [4.78, 5) is 16.9. The highest BCUT2D eigenvalue weighted by atomic mass is 35.5. The quantitative estimate of drug-likeness (QED) is 0.824.